The molecule has 1 unspecified atom stereocenters. The summed E-state index contributed by atoms with van der Waals surface area (Å²) < 4.78 is 0. The lowest BCUT2D eigenvalue weighted by atomic mass is 9.79. The van der Waals surface area contributed by atoms with Gasteiger partial charge < -0.3 is 10.8 Å². The number of primary amides is 1. The molecule has 17 heavy (non-hydrogen) atoms. The Morgan fingerprint density at radius 3 is 2.82 bits per heavy atom. The number of amides is 1. The third kappa shape index (κ3) is 2.30. The number of carboxylic acids is 1. The molecule has 0 aliphatic heterocycles. The number of hydrogen-bond donors (Lipinski definition) is 2. The molecular weight excluding hydrogens is 218 g/mol. The standard InChI is InChI=1S/C13H15NO3/c14-13(17)10-6-2-4-8-3-1-5-9(12(8)10)7-11(15)16/h1,3,5,10H,2,4,6-7H2,(H2,14,17)(H,15,16). The van der Waals surface area contributed by atoms with Gasteiger partial charge in [-0.2, -0.15) is 0 Å². The Labute approximate surface area is 99.4 Å². The zero-order valence-corrected chi connectivity index (χ0v) is 9.48. The second kappa shape index (κ2) is 4.57. The van der Waals surface area contributed by atoms with Gasteiger partial charge in [0.2, 0.25) is 5.91 Å². The Morgan fingerprint density at radius 1 is 1.41 bits per heavy atom. The summed E-state index contributed by atoms with van der Waals surface area (Å²) in [5, 5.41) is 8.88. The van der Waals surface area contributed by atoms with Crippen LogP contribution in [0.3, 0.4) is 0 Å². The topological polar surface area (TPSA) is 80.4 Å². The van der Waals surface area contributed by atoms with E-state index in [0.717, 1.165) is 36.0 Å². The molecule has 4 heteroatoms. The number of aryl methyl sites for hydroxylation is 1. The summed E-state index contributed by atoms with van der Waals surface area (Å²) in [5.41, 5.74) is 8.04. The highest BCUT2D eigenvalue weighted by Gasteiger charge is 2.27. The minimum Gasteiger partial charge on any atom is -0.481 e. The quantitative estimate of drug-likeness (QED) is 0.823. The van der Waals surface area contributed by atoms with Crippen molar-refractivity contribution >= 4 is 11.9 Å². The van der Waals surface area contributed by atoms with Gasteiger partial charge in [-0.3, -0.25) is 9.59 Å². The van der Waals surface area contributed by atoms with Gasteiger partial charge in [-0.15, -0.1) is 0 Å². The fraction of sp³-hybridized carbons (Fsp3) is 0.385. The number of nitrogens with two attached hydrogens (primary N) is 1. The maximum absolute atomic E-state index is 11.4. The SMILES string of the molecule is NC(=O)C1CCCc2cccc(CC(=O)O)c21. The van der Waals surface area contributed by atoms with Crippen molar-refractivity contribution in [1.82, 2.24) is 0 Å². The molecule has 90 valence electrons. The summed E-state index contributed by atoms with van der Waals surface area (Å²) in [6.07, 6.45) is 2.50. The van der Waals surface area contributed by atoms with E-state index in [4.69, 9.17) is 10.8 Å². The number of carbonyl (C=O) groups excluding carboxylic acids is 1. The molecule has 0 heterocycles. The van der Waals surface area contributed by atoms with E-state index < -0.39 is 5.97 Å². The molecule has 1 aromatic carbocycles. The van der Waals surface area contributed by atoms with Gasteiger partial charge >= 0.3 is 5.97 Å². The van der Waals surface area contributed by atoms with Gasteiger partial charge in [0, 0.05) is 0 Å². The van der Waals surface area contributed by atoms with Crippen molar-refractivity contribution in [3.8, 4) is 0 Å². The molecule has 4 nitrogen and oxygen atoms in total. The van der Waals surface area contributed by atoms with Crippen molar-refractivity contribution in [1.29, 1.82) is 0 Å². The summed E-state index contributed by atoms with van der Waals surface area (Å²) in [4.78, 5) is 22.2. The molecule has 0 spiro atoms. The fourth-order valence-corrected chi connectivity index (χ4v) is 2.57. The van der Waals surface area contributed by atoms with Crippen molar-refractivity contribution in [2.45, 2.75) is 31.6 Å². The van der Waals surface area contributed by atoms with Crippen molar-refractivity contribution in [2.75, 3.05) is 0 Å². The van der Waals surface area contributed by atoms with Crippen LogP contribution < -0.4 is 5.73 Å². The van der Waals surface area contributed by atoms with E-state index >= 15 is 0 Å². The van der Waals surface area contributed by atoms with Gasteiger partial charge in [-0.25, -0.2) is 0 Å². The van der Waals surface area contributed by atoms with Crippen molar-refractivity contribution in [3.05, 3.63) is 34.9 Å². The first-order chi connectivity index (χ1) is 8.09. The molecule has 2 rings (SSSR count). The molecule has 0 saturated carbocycles. The van der Waals surface area contributed by atoms with E-state index in [0.29, 0.717) is 0 Å². The molecule has 3 N–H and O–H groups in total. The molecule has 1 aliphatic rings. The predicted molar refractivity (Wildman–Crippen MR) is 62.7 cm³/mol. The van der Waals surface area contributed by atoms with Crippen LogP contribution in [0.4, 0.5) is 0 Å². The number of benzene rings is 1. The Hall–Kier alpha value is -1.84. The number of hydrogen-bond acceptors (Lipinski definition) is 2. The van der Waals surface area contributed by atoms with Crippen molar-refractivity contribution in [3.63, 3.8) is 0 Å². The van der Waals surface area contributed by atoms with Crippen LogP contribution in [-0.4, -0.2) is 17.0 Å². The fourth-order valence-electron chi connectivity index (χ4n) is 2.57. The summed E-state index contributed by atoms with van der Waals surface area (Å²) >= 11 is 0. The monoisotopic (exact) mass is 233 g/mol. The van der Waals surface area contributed by atoms with Crippen LogP contribution in [0, 0.1) is 0 Å². The minimum atomic E-state index is -0.882. The Bertz CT molecular complexity index is 468. The molecule has 1 aliphatic carbocycles. The molecule has 0 aromatic heterocycles. The van der Waals surface area contributed by atoms with E-state index in [9.17, 15) is 9.59 Å². The number of carbonyl (C=O) groups is 2. The van der Waals surface area contributed by atoms with Crippen LogP contribution in [-0.2, 0) is 22.4 Å². The van der Waals surface area contributed by atoms with Gasteiger partial charge in [0.15, 0.2) is 0 Å². The third-order valence-corrected chi connectivity index (χ3v) is 3.26. The summed E-state index contributed by atoms with van der Waals surface area (Å²) in [7, 11) is 0. The molecular formula is C13H15NO3. The number of aliphatic carboxylic acids is 1. The van der Waals surface area contributed by atoms with Gasteiger partial charge in [0.05, 0.1) is 12.3 Å². The molecule has 0 saturated heterocycles. The average Bonchev–Trinajstić information content (AvgIpc) is 2.27. The highest BCUT2D eigenvalue weighted by molar-refractivity contribution is 5.84. The second-order valence-electron chi connectivity index (χ2n) is 4.41. The summed E-state index contributed by atoms with van der Waals surface area (Å²) in [6.45, 7) is 0. The first-order valence-corrected chi connectivity index (χ1v) is 5.71. The van der Waals surface area contributed by atoms with E-state index in [-0.39, 0.29) is 18.2 Å². The van der Waals surface area contributed by atoms with Gasteiger partial charge in [-0.05, 0) is 36.0 Å². The molecule has 0 fully saturated rings. The van der Waals surface area contributed by atoms with Crippen molar-refractivity contribution < 1.29 is 14.7 Å². The Kier molecular flexibility index (Phi) is 3.13. The molecule has 0 radical (unpaired) electrons. The van der Waals surface area contributed by atoms with E-state index in [1.54, 1.807) is 6.07 Å². The Balaban J connectivity index is 2.48. The number of rotatable bonds is 3. The molecule has 1 amide bonds. The lowest BCUT2D eigenvalue weighted by Crippen LogP contribution is -2.26. The van der Waals surface area contributed by atoms with Crippen LogP contribution >= 0.6 is 0 Å². The minimum absolute atomic E-state index is 0.0487. The van der Waals surface area contributed by atoms with Gasteiger partial charge in [0.25, 0.3) is 0 Å². The van der Waals surface area contributed by atoms with Crippen LogP contribution in [0.25, 0.3) is 0 Å². The van der Waals surface area contributed by atoms with Gasteiger partial charge in [-0.1, -0.05) is 18.2 Å². The highest BCUT2D eigenvalue weighted by Crippen LogP contribution is 2.34. The average molecular weight is 233 g/mol. The zero-order valence-electron chi connectivity index (χ0n) is 9.48. The Morgan fingerprint density at radius 2 is 2.18 bits per heavy atom. The van der Waals surface area contributed by atoms with Crippen LogP contribution in [0.1, 0.15) is 35.4 Å². The summed E-state index contributed by atoms with van der Waals surface area (Å²) in [6, 6.07) is 5.57. The lowest BCUT2D eigenvalue weighted by molar-refractivity contribution is -0.136. The number of carboxylic acid groups (broad SMARTS) is 1. The molecule has 1 aromatic rings. The van der Waals surface area contributed by atoms with Crippen LogP contribution in [0.15, 0.2) is 18.2 Å². The summed E-state index contributed by atoms with van der Waals surface area (Å²) in [5.74, 6) is -1.56. The first-order valence-electron chi connectivity index (χ1n) is 5.71. The zero-order chi connectivity index (χ0) is 12.4. The first kappa shape index (κ1) is 11.6. The largest absolute Gasteiger partial charge is 0.481 e. The normalized spacial score (nSPS) is 18.5. The van der Waals surface area contributed by atoms with E-state index in [1.165, 1.54) is 0 Å². The van der Waals surface area contributed by atoms with Crippen LogP contribution in [0.5, 0.6) is 0 Å². The maximum Gasteiger partial charge on any atom is 0.307 e. The highest BCUT2D eigenvalue weighted by atomic mass is 16.4. The number of fused-ring (bicyclic) bond motifs is 1. The van der Waals surface area contributed by atoms with E-state index in [1.807, 2.05) is 12.1 Å². The van der Waals surface area contributed by atoms with Crippen LogP contribution in [0.2, 0.25) is 0 Å². The van der Waals surface area contributed by atoms with Crippen molar-refractivity contribution in [2.24, 2.45) is 5.73 Å². The predicted octanol–water partition coefficient (Wildman–Crippen LogP) is 1.22. The lowest BCUT2D eigenvalue weighted by Gasteiger charge is -2.25. The molecule has 1 atom stereocenters. The maximum atomic E-state index is 11.4. The third-order valence-electron chi connectivity index (χ3n) is 3.26. The smallest absolute Gasteiger partial charge is 0.307 e. The van der Waals surface area contributed by atoms with E-state index in [2.05, 4.69) is 0 Å². The molecule has 0 bridgehead atoms. The van der Waals surface area contributed by atoms with Gasteiger partial charge in [0.1, 0.15) is 0 Å². The second-order valence-corrected chi connectivity index (χ2v) is 4.41.